The quantitative estimate of drug-likeness (QED) is 0.743. The van der Waals surface area contributed by atoms with Gasteiger partial charge in [0.05, 0.1) is 13.2 Å². The zero-order valence-corrected chi connectivity index (χ0v) is 14.9. The van der Waals surface area contributed by atoms with Gasteiger partial charge in [0.25, 0.3) is 0 Å². The molecular weight excluding hydrogens is 304 g/mol. The molecule has 1 aliphatic rings. The molecule has 0 spiro atoms. The fraction of sp³-hybridized carbons (Fsp3) is 0.632. The van der Waals surface area contributed by atoms with E-state index >= 15 is 0 Å². The van der Waals surface area contributed by atoms with Gasteiger partial charge in [-0.15, -0.1) is 0 Å². The number of hydrogen-bond donors (Lipinski definition) is 1. The van der Waals surface area contributed by atoms with E-state index in [0.29, 0.717) is 32.0 Å². The highest BCUT2D eigenvalue weighted by atomic mass is 16.5. The average Bonchev–Trinajstić information content (AvgIpc) is 2.60. The summed E-state index contributed by atoms with van der Waals surface area (Å²) in [6, 6.07) is 7.86. The molecule has 134 valence electrons. The Balaban J connectivity index is 1.68. The second-order valence-corrected chi connectivity index (χ2v) is 6.41. The summed E-state index contributed by atoms with van der Waals surface area (Å²) in [5.41, 5.74) is 5.95. The van der Waals surface area contributed by atoms with Crippen LogP contribution in [0.25, 0.3) is 0 Å². The third-order valence-electron chi connectivity index (χ3n) is 4.58. The van der Waals surface area contributed by atoms with Crippen molar-refractivity contribution < 1.29 is 14.3 Å². The molecule has 2 N–H and O–H groups in total. The van der Waals surface area contributed by atoms with Crippen LogP contribution in [0.4, 0.5) is 0 Å². The largest absolute Gasteiger partial charge is 0.490 e. The number of nitrogens with zero attached hydrogens (tertiary/aromatic N) is 1. The van der Waals surface area contributed by atoms with E-state index in [1.54, 1.807) is 0 Å². The number of benzene rings is 1. The number of amides is 1. The fourth-order valence-corrected chi connectivity index (χ4v) is 3.08. The van der Waals surface area contributed by atoms with Crippen molar-refractivity contribution in [2.45, 2.75) is 45.6 Å². The molecule has 0 aromatic heterocycles. The molecule has 24 heavy (non-hydrogen) atoms. The number of ether oxygens (including phenoxy) is 2. The van der Waals surface area contributed by atoms with Gasteiger partial charge in [-0.2, -0.15) is 0 Å². The van der Waals surface area contributed by atoms with Crippen LogP contribution < -0.4 is 15.2 Å². The highest BCUT2D eigenvalue weighted by molar-refractivity contribution is 5.76. The SMILES string of the molecule is CCOc1ccccc1OCCCC(=O)N1CCC(C(C)N)CC1. The molecule has 1 atom stereocenters. The lowest BCUT2D eigenvalue weighted by Gasteiger charge is -2.33. The Morgan fingerprint density at radius 3 is 2.46 bits per heavy atom. The molecule has 0 aliphatic carbocycles. The zero-order chi connectivity index (χ0) is 17.4. The second-order valence-electron chi connectivity index (χ2n) is 6.41. The van der Waals surface area contributed by atoms with E-state index in [9.17, 15) is 4.79 Å². The summed E-state index contributed by atoms with van der Waals surface area (Å²) in [5, 5.41) is 0. The molecule has 1 fully saturated rings. The van der Waals surface area contributed by atoms with Crippen LogP contribution in [0.5, 0.6) is 11.5 Å². The minimum Gasteiger partial charge on any atom is -0.490 e. The Morgan fingerprint density at radius 1 is 1.25 bits per heavy atom. The van der Waals surface area contributed by atoms with Gasteiger partial charge in [-0.1, -0.05) is 12.1 Å². The Kier molecular flexibility index (Phi) is 7.37. The summed E-state index contributed by atoms with van der Waals surface area (Å²) in [7, 11) is 0. The molecule has 1 amide bonds. The van der Waals surface area contributed by atoms with Crippen LogP contribution in [0, 0.1) is 5.92 Å². The fourth-order valence-electron chi connectivity index (χ4n) is 3.08. The van der Waals surface area contributed by atoms with Gasteiger partial charge in [0, 0.05) is 25.6 Å². The van der Waals surface area contributed by atoms with Crippen LogP contribution in [-0.2, 0) is 4.79 Å². The Hall–Kier alpha value is -1.75. The predicted molar refractivity (Wildman–Crippen MR) is 95.3 cm³/mol. The molecular formula is C19H30N2O3. The first-order chi connectivity index (χ1) is 11.6. The number of piperidine rings is 1. The smallest absolute Gasteiger partial charge is 0.222 e. The highest BCUT2D eigenvalue weighted by Gasteiger charge is 2.24. The van der Waals surface area contributed by atoms with Crippen LogP contribution in [0.1, 0.15) is 39.5 Å². The van der Waals surface area contributed by atoms with Crippen molar-refractivity contribution in [3.63, 3.8) is 0 Å². The van der Waals surface area contributed by atoms with E-state index in [2.05, 4.69) is 6.92 Å². The molecule has 1 unspecified atom stereocenters. The summed E-state index contributed by atoms with van der Waals surface area (Å²) >= 11 is 0. The lowest BCUT2D eigenvalue weighted by atomic mass is 9.91. The van der Waals surface area contributed by atoms with Crippen LogP contribution in [0.3, 0.4) is 0 Å². The maximum Gasteiger partial charge on any atom is 0.222 e. The number of likely N-dealkylation sites (tertiary alicyclic amines) is 1. The van der Waals surface area contributed by atoms with E-state index in [4.69, 9.17) is 15.2 Å². The lowest BCUT2D eigenvalue weighted by Crippen LogP contribution is -2.42. The monoisotopic (exact) mass is 334 g/mol. The Labute approximate surface area is 145 Å². The molecule has 0 bridgehead atoms. The van der Waals surface area contributed by atoms with Crippen LogP contribution in [0.15, 0.2) is 24.3 Å². The van der Waals surface area contributed by atoms with E-state index in [1.165, 1.54) is 0 Å². The lowest BCUT2D eigenvalue weighted by molar-refractivity contribution is -0.132. The maximum atomic E-state index is 12.3. The summed E-state index contributed by atoms with van der Waals surface area (Å²) < 4.78 is 11.3. The van der Waals surface area contributed by atoms with Crippen LogP contribution >= 0.6 is 0 Å². The molecule has 5 nitrogen and oxygen atoms in total. The number of nitrogens with two attached hydrogens (primary N) is 1. The first-order valence-electron chi connectivity index (χ1n) is 8.99. The number of para-hydroxylation sites is 2. The van der Waals surface area contributed by atoms with Crippen LogP contribution in [-0.4, -0.2) is 43.2 Å². The molecule has 1 aliphatic heterocycles. The van der Waals surface area contributed by atoms with E-state index in [1.807, 2.05) is 36.1 Å². The van der Waals surface area contributed by atoms with Gasteiger partial charge in [0.1, 0.15) is 0 Å². The predicted octanol–water partition coefficient (Wildman–Crippen LogP) is 2.83. The minimum atomic E-state index is 0.222. The van der Waals surface area contributed by atoms with Gasteiger partial charge in [-0.25, -0.2) is 0 Å². The van der Waals surface area contributed by atoms with Crippen molar-refractivity contribution in [3.8, 4) is 11.5 Å². The topological polar surface area (TPSA) is 64.8 Å². The van der Waals surface area contributed by atoms with Crippen molar-refractivity contribution in [2.24, 2.45) is 11.7 Å². The number of rotatable bonds is 8. The van der Waals surface area contributed by atoms with Gasteiger partial charge < -0.3 is 20.1 Å². The van der Waals surface area contributed by atoms with Crippen molar-refractivity contribution in [2.75, 3.05) is 26.3 Å². The molecule has 2 rings (SSSR count). The van der Waals surface area contributed by atoms with Crippen molar-refractivity contribution >= 4 is 5.91 Å². The third kappa shape index (κ3) is 5.41. The first kappa shape index (κ1) is 18.6. The molecule has 0 saturated carbocycles. The van der Waals surface area contributed by atoms with E-state index in [0.717, 1.165) is 37.4 Å². The average molecular weight is 334 g/mol. The minimum absolute atomic E-state index is 0.222. The van der Waals surface area contributed by atoms with Gasteiger partial charge in [-0.3, -0.25) is 4.79 Å². The normalized spacial score (nSPS) is 16.7. The maximum absolute atomic E-state index is 12.3. The summed E-state index contributed by atoms with van der Waals surface area (Å²) in [4.78, 5) is 14.2. The summed E-state index contributed by atoms with van der Waals surface area (Å²) in [6.07, 6.45) is 3.27. The van der Waals surface area contributed by atoms with Gasteiger partial charge in [0.15, 0.2) is 11.5 Å². The van der Waals surface area contributed by atoms with Crippen LogP contribution in [0.2, 0.25) is 0 Å². The Bertz CT molecular complexity index is 511. The van der Waals surface area contributed by atoms with Crippen molar-refractivity contribution in [1.82, 2.24) is 4.90 Å². The highest BCUT2D eigenvalue weighted by Crippen LogP contribution is 2.26. The zero-order valence-electron chi connectivity index (χ0n) is 14.9. The van der Waals surface area contributed by atoms with Gasteiger partial charge in [0.2, 0.25) is 5.91 Å². The van der Waals surface area contributed by atoms with Gasteiger partial charge in [-0.05, 0) is 51.2 Å². The number of carbonyl (C=O) groups excluding carboxylic acids is 1. The number of carbonyl (C=O) groups is 1. The third-order valence-corrected chi connectivity index (χ3v) is 4.58. The molecule has 0 radical (unpaired) electrons. The van der Waals surface area contributed by atoms with Crippen molar-refractivity contribution in [1.29, 1.82) is 0 Å². The molecule has 1 saturated heterocycles. The summed E-state index contributed by atoms with van der Waals surface area (Å²) in [5.74, 6) is 2.26. The number of hydrogen-bond acceptors (Lipinski definition) is 4. The first-order valence-corrected chi connectivity index (χ1v) is 8.99. The molecule has 1 aromatic rings. The van der Waals surface area contributed by atoms with E-state index in [-0.39, 0.29) is 11.9 Å². The van der Waals surface area contributed by atoms with Crippen molar-refractivity contribution in [3.05, 3.63) is 24.3 Å². The second kappa shape index (κ2) is 9.52. The van der Waals surface area contributed by atoms with E-state index < -0.39 is 0 Å². The molecule has 1 aromatic carbocycles. The van der Waals surface area contributed by atoms with Gasteiger partial charge >= 0.3 is 0 Å². The Morgan fingerprint density at radius 2 is 1.88 bits per heavy atom. The summed E-state index contributed by atoms with van der Waals surface area (Å²) in [6.45, 7) is 6.80. The standard InChI is InChI=1S/C19H30N2O3/c1-3-23-17-7-4-5-8-18(17)24-14-6-9-19(22)21-12-10-16(11-13-21)15(2)20/h4-5,7-8,15-16H,3,6,9-14,20H2,1-2H3. The molecule has 1 heterocycles. The molecule has 5 heteroatoms.